The van der Waals surface area contributed by atoms with E-state index in [9.17, 15) is 13.4 Å². The van der Waals surface area contributed by atoms with Crippen molar-refractivity contribution in [3.8, 4) is 6.07 Å². The molecule has 5 heteroatoms. The quantitative estimate of drug-likeness (QED) is 0.804. The normalized spacial score (nSPS) is 30.5. The SMILES string of the molecule is N#CCc1ccc(C(=O)C2CC3CCCC(C2)S3=O)c(F)c1. The van der Waals surface area contributed by atoms with Gasteiger partial charge in [-0.2, -0.15) is 5.26 Å². The van der Waals surface area contributed by atoms with Crippen LogP contribution in [0.3, 0.4) is 0 Å². The number of carbonyl (C=O) groups is 1. The fourth-order valence-corrected chi connectivity index (χ4v) is 5.81. The molecule has 2 aliphatic rings. The van der Waals surface area contributed by atoms with Gasteiger partial charge in [0.1, 0.15) is 5.82 Å². The Balaban J connectivity index is 1.80. The van der Waals surface area contributed by atoms with Crippen LogP contribution < -0.4 is 0 Å². The van der Waals surface area contributed by atoms with Gasteiger partial charge >= 0.3 is 0 Å². The van der Waals surface area contributed by atoms with E-state index in [2.05, 4.69) is 0 Å². The lowest BCUT2D eigenvalue weighted by atomic mass is 9.84. The van der Waals surface area contributed by atoms with Crippen LogP contribution in [0, 0.1) is 23.1 Å². The lowest BCUT2D eigenvalue weighted by Crippen LogP contribution is -2.41. The van der Waals surface area contributed by atoms with Crippen LogP contribution in [0.4, 0.5) is 4.39 Å². The minimum atomic E-state index is -0.823. The van der Waals surface area contributed by atoms with Gasteiger partial charge < -0.3 is 0 Å². The van der Waals surface area contributed by atoms with Crippen molar-refractivity contribution < 1.29 is 13.4 Å². The number of hydrogen-bond acceptors (Lipinski definition) is 3. The van der Waals surface area contributed by atoms with Gasteiger partial charge in [-0.05, 0) is 43.4 Å². The first kappa shape index (κ1) is 15.4. The zero-order valence-corrected chi connectivity index (χ0v) is 13.1. The third-order valence-electron chi connectivity index (χ3n) is 4.76. The third-order valence-corrected chi connectivity index (χ3v) is 6.93. The van der Waals surface area contributed by atoms with Crippen LogP contribution in [0.15, 0.2) is 18.2 Å². The van der Waals surface area contributed by atoms with Gasteiger partial charge in [0.2, 0.25) is 0 Å². The van der Waals surface area contributed by atoms with Gasteiger partial charge in [0, 0.05) is 27.2 Å². The second-order valence-corrected chi connectivity index (χ2v) is 8.18. The standard InChI is InChI=1S/C17H18FNO2S/c18-16-8-11(6-7-19)4-5-15(16)17(20)12-9-13-2-1-3-14(10-12)22(13)21/h4-5,8,12-14H,1-3,6,9-10H2. The van der Waals surface area contributed by atoms with Gasteiger partial charge in [-0.1, -0.05) is 12.5 Å². The largest absolute Gasteiger partial charge is 0.294 e. The Bertz CT molecular complexity index is 651. The Kier molecular flexibility index (Phi) is 4.39. The van der Waals surface area contributed by atoms with E-state index in [1.165, 1.54) is 12.1 Å². The molecule has 2 unspecified atom stereocenters. The van der Waals surface area contributed by atoms with E-state index in [-0.39, 0.29) is 34.2 Å². The molecule has 0 radical (unpaired) electrons. The van der Waals surface area contributed by atoms with Crippen molar-refractivity contribution in [1.82, 2.24) is 0 Å². The average molecular weight is 319 g/mol. The van der Waals surface area contributed by atoms with Crippen LogP contribution in [0.2, 0.25) is 0 Å². The fraction of sp³-hybridized carbons (Fsp3) is 0.529. The molecule has 0 aromatic heterocycles. The molecule has 1 aromatic carbocycles. The lowest BCUT2D eigenvalue weighted by Gasteiger charge is -2.37. The van der Waals surface area contributed by atoms with Gasteiger partial charge in [-0.25, -0.2) is 4.39 Å². The van der Waals surface area contributed by atoms with E-state index >= 15 is 0 Å². The summed E-state index contributed by atoms with van der Waals surface area (Å²) >= 11 is 0. The Morgan fingerprint density at radius 1 is 1.32 bits per heavy atom. The second-order valence-electron chi connectivity index (χ2n) is 6.19. The predicted molar refractivity (Wildman–Crippen MR) is 82.3 cm³/mol. The molecule has 0 aliphatic carbocycles. The number of carbonyl (C=O) groups excluding carboxylic acids is 1. The predicted octanol–water partition coefficient (Wildman–Crippen LogP) is 3.15. The first-order chi connectivity index (χ1) is 10.6. The van der Waals surface area contributed by atoms with Crippen LogP contribution in [0.1, 0.15) is 48.0 Å². The van der Waals surface area contributed by atoms with Crippen LogP contribution in [-0.2, 0) is 17.2 Å². The van der Waals surface area contributed by atoms with Gasteiger partial charge in [-0.15, -0.1) is 0 Å². The molecule has 0 N–H and O–H groups in total. The van der Waals surface area contributed by atoms with Crippen molar-refractivity contribution in [1.29, 1.82) is 5.26 Å². The lowest BCUT2D eigenvalue weighted by molar-refractivity contribution is 0.0891. The molecule has 0 saturated carbocycles. The van der Waals surface area contributed by atoms with E-state index in [1.807, 2.05) is 6.07 Å². The van der Waals surface area contributed by atoms with E-state index in [0.29, 0.717) is 18.4 Å². The maximum atomic E-state index is 14.2. The summed E-state index contributed by atoms with van der Waals surface area (Å²) in [6.45, 7) is 0. The first-order valence-corrected chi connectivity index (χ1v) is 8.96. The van der Waals surface area contributed by atoms with Crippen molar-refractivity contribution >= 4 is 16.6 Å². The summed E-state index contributed by atoms with van der Waals surface area (Å²) in [6, 6.07) is 6.38. The topological polar surface area (TPSA) is 57.9 Å². The number of benzene rings is 1. The Hall–Kier alpha value is -1.54. The third kappa shape index (κ3) is 2.85. The molecule has 0 spiro atoms. The van der Waals surface area contributed by atoms with Gasteiger partial charge in [-0.3, -0.25) is 9.00 Å². The molecule has 2 saturated heterocycles. The van der Waals surface area contributed by atoms with Crippen molar-refractivity contribution in [2.45, 2.75) is 49.0 Å². The maximum absolute atomic E-state index is 14.2. The molecule has 3 rings (SSSR count). The Morgan fingerprint density at radius 2 is 2.00 bits per heavy atom. The molecular formula is C17H18FNO2S. The summed E-state index contributed by atoms with van der Waals surface area (Å²) in [5.41, 5.74) is 0.690. The molecule has 116 valence electrons. The molecule has 2 heterocycles. The average Bonchev–Trinajstić information content (AvgIpc) is 2.47. The summed E-state index contributed by atoms with van der Waals surface area (Å²) in [5, 5.41) is 8.84. The number of nitrogens with zero attached hydrogens (tertiary/aromatic N) is 1. The molecule has 2 fully saturated rings. The number of rotatable bonds is 3. The summed E-state index contributed by atoms with van der Waals surface area (Å²) in [4.78, 5) is 12.6. The number of halogens is 1. The number of fused-ring (bicyclic) bond motifs is 2. The molecular weight excluding hydrogens is 301 g/mol. The van der Waals surface area contributed by atoms with Crippen molar-refractivity contribution in [2.75, 3.05) is 0 Å². The molecule has 0 amide bonds. The maximum Gasteiger partial charge on any atom is 0.168 e. The van der Waals surface area contributed by atoms with Crippen molar-refractivity contribution in [2.24, 2.45) is 5.92 Å². The highest BCUT2D eigenvalue weighted by molar-refractivity contribution is 7.86. The van der Waals surface area contributed by atoms with Gasteiger partial charge in [0.05, 0.1) is 18.1 Å². The van der Waals surface area contributed by atoms with E-state index < -0.39 is 16.6 Å². The van der Waals surface area contributed by atoms with E-state index in [4.69, 9.17) is 5.26 Å². The van der Waals surface area contributed by atoms with E-state index in [1.54, 1.807) is 6.07 Å². The zero-order valence-electron chi connectivity index (χ0n) is 12.3. The number of nitriles is 1. The number of Topliss-reactive ketones (excluding diaryl/α,β-unsaturated/α-hetero) is 1. The summed E-state index contributed by atoms with van der Waals surface area (Å²) in [5.74, 6) is -0.937. The second kappa shape index (κ2) is 6.29. The minimum absolute atomic E-state index is 0.0994. The van der Waals surface area contributed by atoms with Crippen molar-refractivity contribution in [3.63, 3.8) is 0 Å². The zero-order chi connectivity index (χ0) is 15.7. The molecule has 2 bridgehead atoms. The Morgan fingerprint density at radius 3 is 2.59 bits per heavy atom. The first-order valence-electron chi connectivity index (χ1n) is 7.69. The number of ketones is 1. The highest BCUT2D eigenvalue weighted by Crippen LogP contribution is 2.38. The summed E-state index contributed by atoms with van der Waals surface area (Å²) in [7, 11) is -0.823. The van der Waals surface area contributed by atoms with E-state index in [0.717, 1.165) is 19.3 Å². The highest BCUT2D eigenvalue weighted by Gasteiger charge is 2.40. The van der Waals surface area contributed by atoms with Crippen LogP contribution in [0.25, 0.3) is 0 Å². The smallest absolute Gasteiger partial charge is 0.168 e. The fourth-order valence-electron chi connectivity index (χ4n) is 3.63. The summed E-state index contributed by atoms with van der Waals surface area (Å²) in [6.07, 6.45) is 4.27. The molecule has 1 aromatic rings. The summed E-state index contributed by atoms with van der Waals surface area (Å²) < 4.78 is 26.3. The van der Waals surface area contributed by atoms with Gasteiger partial charge in [0.25, 0.3) is 0 Å². The van der Waals surface area contributed by atoms with Crippen molar-refractivity contribution in [3.05, 3.63) is 35.1 Å². The van der Waals surface area contributed by atoms with Crippen LogP contribution in [-0.4, -0.2) is 20.5 Å². The number of hydrogen-bond donors (Lipinski definition) is 0. The van der Waals surface area contributed by atoms with Crippen LogP contribution in [0.5, 0.6) is 0 Å². The molecule has 3 nitrogen and oxygen atoms in total. The Labute approximate surface area is 132 Å². The molecule has 2 aliphatic heterocycles. The molecule has 22 heavy (non-hydrogen) atoms. The van der Waals surface area contributed by atoms with Gasteiger partial charge in [0.15, 0.2) is 5.78 Å². The molecule has 2 atom stereocenters. The highest BCUT2D eigenvalue weighted by atomic mass is 32.2. The monoisotopic (exact) mass is 319 g/mol. The van der Waals surface area contributed by atoms with Crippen LogP contribution >= 0.6 is 0 Å². The minimum Gasteiger partial charge on any atom is -0.294 e.